The van der Waals surface area contributed by atoms with Gasteiger partial charge in [-0.2, -0.15) is 0 Å². The summed E-state index contributed by atoms with van der Waals surface area (Å²) in [5.74, 6) is 4.10. The summed E-state index contributed by atoms with van der Waals surface area (Å²) >= 11 is 0. The number of ether oxygens (including phenoxy) is 2. The van der Waals surface area contributed by atoms with Crippen LogP contribution in [-0.2, 0) is 12.0 Å². The van der Waals surface area contributed by atoms with E-state index < -0.39 is 5.60 Å². The lowest BCUT2D eigenvalue weighted by molar-refractivity contribution is 0.145. The Balaban J connectivity index is 2.04. The van der Waals surface area contributed by atoms with Crippen molar-refractivity contribution in [3.8, 4) is 23.8 Å². The Hall–Kier alpha value is -2.44. The molecule has 0 aromatic heterocycles. The van der Waals surface area contributed by atoms with E-state index in [4.69, 9.17) is 15.9 Å². The van der Waals surface area contributed by atoms with Crippen molar-refractivity contribution in [2.75, 3.05) is 13.7 Å². The molecule has 21 heavy (non-hydrogen) atoms. The largest absolute Gasteiger partial charge is 0.497 e. The summed E-state index contributed by atoms with van der Waals surface area (Å²) in [6, 6.07) is 12.7. The lowest BCUT2D eigenvalue weighted by Crippen LogP contribution is -2.25. The van der Waals surface area contributed by atoms with Crippen molar-refractivity contribution in [1.29, 1.82) is 0 Å². The zero-order valence-electron chi connectivity index (χ0n) is 11.8. The second kappa shape index (κ2) is 5.16. The summed E-state index contributed by atoms with van der Waals surface area (Å²) in [7, 11) is 1.60. The van der Waals surface area contributed by atoms with Gasteiger partial charge < -0.3 is 14.6 Å². The van der Waals surface area contributed by atoms with Crippen LogP contribution in [0, 0.1) is 12.3 Å². The number of benzene rings is 2. The van der Waals surface area contributed by atoms with Gasteiger partial charge >= 0.3 is 0 Å². The van der Waals surface area contributed by atoms with Crippen LogP contribution in [0.1, 0.15) is 16.7 Å². The summed E-state index contributed by atoms with van der Waals surface area (Å²) in [4.78, 5) is 0. The molecule has 2 aromatic carbocycles. The maximum absolute atomic E-state index is 10.9. The van der Waals surface area contributed by atoms with Gasteiger partial charge in [0.25, 0.3) is 0 Å². The van der Waals surface area contributed by atoms with Crippen LogP contribution >= 0.6 is 0 Å². The molecule has 1 atom stereocenters. The first-order valence-electron chi connectivity index (χ1n) is 6.78. The molecule has 0 aliphatic carbocycles. The third kappa shape index (κ3) is 2.24. The van der Waals surface area contributed by atoms with Gasteiger partial charge in [0.05, 0.1) is 13.7 Å². The normalized spacial score (nSPS) is 15.5. The Labute approximate surface area is 124 Å². The number of aliphatic hydroxyl groups is 1. The summed E-state index contributed by atoms with van der Waals surface area (Å²) in [5, 5.41) is 10.9. The highest BCUT2D eigenvalue weighted by Crippen LogP contribution is 2.34. The molecule has 1 aliphatic rings. The van der Waals surface area contributed by atoms with Crippen molar-refractivity contribution in [3.05, 3.63) is 59.2 Å². The van der Waals surface area contributed by atoms with E-state index >= 15 is 0 Å². The fourth-order valence-electron chi connectivity index (χ4n) is 2.58. The Morgan fingerprint density at radius 1 is 1.19 bits per heavy atom. The number of fused-ring (bicyclic) bond motifs is 1. The van der Waals surface area contributed by atoms with Crippen molar-refractivity contribution in [3.63, 3.8) is 0 Å². The van der Waals surface area contributed by atoms with Crippen LogP contribution in [0.25, 0.3) is 0 Å². The zero-order valence-corrected chi connectivity index (χ0v) is 11.8. The van der Waals surface area contributed by atoms with Gasteiger partial charge in [-0.15, -0.1) is 6.42 Å². The summed E-state index contributed by atoms with van der Waals surface area (Å²) in [6.07, 6.45) is 6.46. The summed E-state index contributed by atoms with van der Waals surface area (Å²) < 4.78 is 10.6. The van der Waals surface area contributed by atoms with Crippen molar-refractivity contribution >= 4 is 0 Å². The van der Waals surface area contributed by atoms with Crippen molar-refractivity contribution < 1.29 is 14.6 Å². The number of terminal acetylenes is 1. The van der Waals surface area contributed by atoms with Gasteiger partial charge in [-0.05, 0) is 29.8 Å². The van der Waals surface area contributed by atoms with Crippen molar-refractivity contribution in [2.24, 2.45) is 0 Å². The second-order valence-corrected chi connectivity index (χ2v) is 5.00. The van der Waals surface area contributed by atoms with Gasteiger partial charge in [0.15, 0.2) is 5.60 Å². The Bertz CT molecular complexity index is 697. The van der Waals surface area contributed by atoms with E-state index in [1.54, 1.807) is 31.4 Å². The Morgan fingerprint density at radius 3 is 2.57 bits per heavy atom. The smallest absolute Gasteiger partial charge is 0.176 e. The average molecular weight is 280 g/mol. The third-order valence-corrected chi connectivity index (χ3v) is 3.82. The topological polar surface area (TPSA) is 38.7 Å². The summed E-state index contributed by atoms with van der Waals surface area (Å²) in [5.41, 5.74) is 0.947. The molecule has 1 aliphatic heterocycles. The average Bonchev–Trinajstić information content (AvgIpc) is 3.01. The van der Waals surface area contributed by atoms with E-state index in [0.717, 1.165) is 23.5 Å². The molecule has 0 fully saturated rings. The molecule has 2 aromatic rings. The van der Waals surface area contributed by atoms with Crippen LogP contribution in [0.2, 0.25) is 0 Å². The van der Waals surface area contributed by atoms with E-state index in [-0.39, 0.29) is 0 Å². The summed E-state index contributed by atoms with van der Waals surface area (Å²) in [6.45, 7) is 0.676. The minimum Gasteiger partial charge on any atom is -0.497 e. The van der Waals surface area contributed by atoms with E-state index in [2.05, 4.69) is 5.92 Å². The number of hydrogen-bond donors (Lipinski definition) is 1. The van der Waals surface area contributed by atoms with E-state index in [9.17, 15) is 5.11 Å². The molecule has 0 bridgehead atoms. The molecular weight excluding hydrogens is 264 g/mol. The van der Waals surface area contributed by atoms with E-state index in [1.165, 1.54) is 0 Å². The fourth-order valence-corrected chi connectivity index (χ4v) is 2.58. The SMILES string of the molecule is C#CC(O)(c1ccc(OC)cc1)c1ccc2c(c1)CCO2. The first-order valence-corrected chi connectivity index (χ1v) is 6.78. The molecular formula is C18H16O3. The molecule has 0 radical (unpaired) electrons. The highest BCUT2D eigenvalue weighted by Gasteiger charge is 2.30. The molecule has 1 heterocycles. The lowest BCUT2D eigenvalue weighted by atomic mass is 9.86. The minimum absolute atomic E-state index is 0.643. The maximum atomic E-state index is 10.9. The zero-order chi connectivity index (χ0) is 14.9. The van der Waals surface area contributed by atoms with Gasteiger partial charge in [-0.25, -0.2) is 0 Å². The molecule has 0 saturated heterocycles. The monoisotopic (exact) mass is 280 g/mol. The molecule has 106 valence electrons. The number of methoxy groups -OCH3 is 1. The van der Waals surface area contributed by atoms with Crippen LogP contribution in [0.5, 0.6) is 11.5 Å². The van der Waals surface area contributed by atoms with Gasteiger partial charge in [0.1, 0.15) is 11.5 Å². The van der Waals surface area contributed by atoms with Gasteiger partial charge in [-0.1, -0.05) is 24.1 Å². The molecule has 3 heteroatoms. The Kier molecular flexibility index (Phi) is 3.32. The molecule has 1 N–H and O–H groups in total. The molecule has 0 amide bonds. The second-order valence-electron chi connectivity index (χ2n) is 5.00. The predicted octanol–water partition coefficient (Wildman–Crippen LogP) is 2.50. The highest BCUT2D eigenvalue weighted by atomic mass is 16.5. The van der Waals surface area contributed by atoms with Crippen LogP contribution in [0.3, 0.4) is 0 Å². The minimum atomic E-state index is -1.45. The quantitative estimate of drug-likeness (QED) is 0.878. The number of rotatable bonds is 3. The maximum Gasteiger partial charge on any atom is 0.176 e. The van der Waals surface area contributed by atoms with E-state index in [1.807, 2.05) is 18.2 Å². The molecule has 0 saturated carbocycles. The molecule has 3 nitrogen and oxygen atoms in total. The third-order valence-electron chi connectivity index (χ3n) is 3.82. The first-order chi connectivity index (χ1) is 10.2. The molecule has 1 unspecified atom stereocenters. The van der Waals surface area contributed by atoms with Crippen LogP contribution in [0.15, 0.2) is 42.5 Å². The van der Waals surface area contributed by atoms with Gasteiger partial charge in [0, 0.05) is 17.5 Å². The number of hydrogen-bond acceptors (Lipinski definition) is 3. The first kappa shape index (κ1) is 13.5. The Morgan fingerprint density at radius 2 is 1.90 bits per heavy atom. The standard InChI is InChI=1S/C18H16O3/c1-3-18(19,14-4-7-16(20-2)8-5-14)15-6-9-17-13(12-15)10-11-21-17/h1,4-9,12,19H,10-11H2,2H3. The van der Waals surface area contributed by atoms with Crippen LogP contribution < -0.4 is 9.47 Å². The van der Waals surface area contributed by atoms with Crippen LogP contribution in [0.4, 0.5) is 0 Å². The predicted molar refractivity (Wildman–Crippen MR) is 80.5 cm³/mol. The lowest BCUT2D eigenvalue weighted by Gasteiger charge is -2.24. The molecule has 3 rings (SSSR count). The van der Waals surface area contributed by atoms with Crippen molar-refractivity contribution in [2.45, 2.75) is 12.0 Å². The van der Waals surface area contributed by atoms with E-state index in [0.29, 0.717) is 17.7 Å². The van der Waals surface area contributed by atoms with Crippen molar-refractivity contribution in [1.82, 2.24) is 0 Å². The fraction of sp³-hybridized carbons (Fsp3) is 0.222. The van der Waals surface area contributed by atoms with Crippen LogP contribution in [-0.4, -0.2) is 18.8 Å². The van der Waals surface area contributed by atoms with Gasteiger partial charge in [0.2, 0.25) is 0 Å². The van der Waals surface area contributed by atoms with Gasteiger partial charge in [-0.3, -0.25) is 0 Å². The molecule has 0 spiro atoms. The highest BCUT2D eigenvalue weighted by molar-refractivity contribution is 5.49.